The Morgan fingerprint density at radius 2 is 2.35 bits per heavy atom. The van der Waals surface area contributed by atoms with E-state index in [2.05, 4.69) is 27.8 Å². The fourth-order valence-electron chi connectivity index (χ4n) is 2.28. The van der Waals surface area contributed by atoms with E-state index in [1.54, 1.807) is 29.3 Å². The molecule has 7 heteroatoms. The summed E-state index contributed by atoms with van der Waals surface area (Å²) in [5.41, 5.74) is 0.437. The molecular formula is C13H16N4OS2. The third-order valence-electron chi connectivity index (χ3n) is 3.31. The van der Waals surface area contributed by atoms with E-state index in [9.17, 15) is 4.79 Å². The van der Waals surface area contributed by atoms with Crippen LogP contribution in [0.25, 0.3) is 0 Å². The van der Waals surface area contributed by atoms with Crippen molar-refractivity contribution in [2.75, 3.05) is 18.8 Å². The normalized spacial score (nSPS) is 19.9. The second-order valence-electron chi connectivity index (χ2n) is 4.73. The second-order valence-corrected chi connectivity index (χ2v) is 7.02. The van der Waals surface area contributed by atoms with Gasteiger partial charge in [0, 0.05) is 36.0 Å². The van der Waals surface area contributed by atoms with E-state index in [0.717, 1.165) is 25.3 Å². The lowest BCUT2D eigenvalue weighted by atomic mass is 10.2. The largest absolute Gasteiger partial charge is 0.336 e. The first-order chi connectivity index (χ1) is 9.74. The third kappa shape index (κ3) is 2.88. The summed E-state index contributed by atoms with van der Waals surface area (Å²) < 4.78 is 1.56. The van der Waals surface area contributed by atoms with E-state index in [1.807, 2.05) is 16.7 Å². The van der Waals surface area contributed by atoms with E-state index in [0.29, 0.717) is 10.9 Å². The molecule has 5 nitrogen and oxygen atoms in total. The Bertz CT molecular complexity index is 581. The quantitative estimate of drug-likeness (QED) is 0.853. The van der Waals surface area contributed by atoms with Crippen LogP contribution in [0.1, 0.15) is 27.0 Å². The molecule has 0 aliphatic carbocycles. The summed E-state index contributed by atoms with van der Waals surface area (Å²) in [6.45, 7) is 1.56. The fourth-order valence-corrected chi connectivity index (χ4v) is 4.52. The Labute approximate surface area is 126 Å². The van der Waals surface area contributed by atoms with Gasteiger partial charge in [0.15, 0.2) is 5.69 Å². The number of nitrogens with zero attached hydrogens (tertiary/aromatic N) is 4. The van der Waals surface area contributed by atoms with Crippen LogP contribution in [0.4, 0.5) is 0 Å². The molecule has 1 fully saturated rings. The average molecular weight is 308 g/mol. The Kier molecular flexibility index (Phi) is 4.07. The maximum Gasteiger partial charge on any atom is 0.276 e. The predicted molar refractivity (Wildman–Crippen MR) is 81.0 cm³/mol. The van der Waals surface area contributed by atoms with Gasteiger partial charge < -0.3 is 4.90 Å². The molecule has 106 valence electrons. The highest BCUT2D eigenvalue weighted by Gasteiger charge is 2.24. The van der Waals surface area contributed by atoms with Crippen molar-refractivity contribution >= 4 is 29.0 Å². The standard InChI is InChI=1S/C13H16N4OS2/c1-16-9-10(14-15-16)13(18)17-5-4-12(20-8-6-17)11-3-2-7-19-11/h2-3,7,9,12H,4-6,8H2,1H3/t12-/m1/s1. The molecule has 0 unspecified atom stereocenters. The Hall–Kier alpha value is -1.34. The van der Waals surface area contributed by atoms with Gasteiger partial charge in [-0.2, -0.15) is 11.8 Å². The predicted octanol–water partition coefficient (Wildman–Crippen LogP) is 2.20. The van der Waals surface area contributed by atoms with Crippen molar-refractivity contribution in [3.05, 3.63) is 34.3 Å². The van der Waals surface area contributed by atoms with Crippen LogP contribution in [-0.2, 0) is 7.05 Å². The highest BCUT2D eigenvalue weighted by atomic mass is 32.2. The molecule has 0 radical (unpaired) electrons. The minimum Gasteiger partial charge on any atom is -0.336 e. The number of aryl methyl sites for hydroxylation is 1. The Morgan fingerprint density at radius 3 is 3.05 bits per heavy atom. The van der Waals surface area contributed by atoms with Crippen molar-refractivity contribution in [2.24, 2.45) is 7.05 Å². The molecule has 1 aliphatic rings. The minimum absolute atomic E-state index is 0.00877. The van der Waals surface area contributed by atoms with Crippen LogP contribution >= 0.6 is 23.1 Å². The van der Waals surface area contributed by atoms with Gasteiger partial charge in [-0.3, -0.25) is 9.48 Å². The van der Waals surface area contributed by atoms with Crippen LogP contribution in [0.3, 0.4) is 0 Å². The summed E-state index contributed by atoms with van der Waals surface area (Å²) in [4.78, 5) is 15.7. The molecule has 3 heterocycles. The van der Waals surface area contributed by atoms with Crippen LogP contribution in [-0.4, -0.2) is 44.6 Å². The van der Waals surface area contributed by atoms with Crippen molar-refractivity contribution in [3.8, 4) is 0 Å². The SMILES string of the molecule is Cn1cc(C(=O)N2CCS[C@@H](c3cccs3)CC2)nn1. The number of thioether (sulfide) groups is 1. The lowest BCUT2D eigenvalue weighted by Crippen LogP contribution is -2.33. The van der Waals surface area contributed by atoms with Gasteiger partial charge in [0.1, 0.15) is 0 Å². The van der Waals surface area contributed by atoms with Crippen molar-refractivity contribution in [1.29, 1.82) is 0 Å². The molecule has 20 heavy (non-hydrogen) atoms. The molecule has 2 aromatic rings. The zero-order valence-electron chi connectivity index (χ0n) is 11.2. The van der Waals surface area contributed by atoms with Gasteiger partial charge in [-0.15, -0.1) is 16.4 Å². The zero-order chi connectivity index (χ0) is 13.9. The van der Waals surface area contributed by atoms with Gasteiger partial charge in [0.05, 0.1) is 6.20 Å². The van der Waals surface area contributed by atoms with Gasteiger partial charge in [0.25, 0.3) is 5.91 Å². The molecule has 0 bridgehead atoms. The van der Waals surface area contributed by atoms with Gasteiger partial charge in [-0.25, -0.2) is 0 Å². The zero-order valence-corrected chi connectivity index (χ0v) is 12.9. The van der Waals surface area contributed by atoms with E-state index in [-0.39, 0.29) is 5.91 Å². The topological polar surface area (TPSA) is 51.0 Å². The lowest BCUT2D eigenvalue weighted by molar-refractivity contribution is 0.0760. The summed E-state index contributed by atoms with van der Waals surface area (Å²) >= 11 is 3.74. The number of carbonyl (C=O) groups is 1. The van der Waals surface area contributed by atoms with Crippen molar-refractivity contribution in [1.82, 2.24) is 19.9 Å². The first-order valence-corrected chi connectivity index (χ1v) is 8.47. The maximum absolute atomic E-state index is 12.4. The molecule has 1 amide bonds. The summed E-state index contributed by atoms with van der Waals surface area (Å²) in [5, 5.41) is 10.4. The maximum atomic E-state index is 12.4. The van der Waals surface area contributed by atoms with Gasteiger partial charge >= 0.3 is 0 Å². The summed E-state index contributed by atoms with van der Waals surface area (Å²) in [6.07, 6.45) is 2.67. The second kappa shape index (κ2) is 5.97. The number of aromatic nitrogens is 3. The molecular weight excluding hydrogens is 292 g/mol. The van der Waals surface area contributed by atoms with Gasteiger partial charge in [0.2, 0.25) is 0 Å². The van der Waals surface area contributed by atoms with E-state index in [4.69, 9.17) is 0 Å². The van der Waals surface area contributed by atoms with Crippen LogP contribution in [0.15, 0.2) is 23.7 Å². The number of rotatable bonds is 2. The van der Waals surface area contributed by atoms with Gasteiger partial charge in [-0.1, -0.05) is 11.3 Å². The smallest absolute Gasteiger partial charge is 0.276 e. The summed E-state index contributed by atoms with van der Waals surface area (Å²) in [5.74, 6) is 0.958. The number of hydrogen-bond donors (Lipinski definition) is 0. The van der Waals surface area contributed by atoms with E-state index < -0.39 is 0 Å². The highest BCUT2D eigenvalue weighted by molar-refractivity contribution is 7.99. The van der Waals surface area contributed by atoms with E-state index >= 15 is 0 Å². The molecule has 0 saturated carbocycles. The Balaban J connectivity index is 1.66. The van der Waals surface area contributed by atoms with Crippen LogP contribution < -0.4 is 0 Å². The Morgan fingerprint density at radius 1 is 1.45 bits per heavy atom. The first-order valence-electron chi connectivity index (χ1n) is 6.54. The third-order valence-corrected chi connectivity index (χ3v) is 5.76. The number of hydrogen-bond acceptors (Lipinski definition) is 5. The monoisotopic (exact) mass is 308 g/mol. The molecule has 0 N–H and O–H groups in total. The van der Waals surface area contributed by atoms with Crippen LogP contribution in [0.5, 0.6) is 0 Å². The molecule has 3 rings (SSSR count). The minimum atomic E-state index is -0.00877. The lowest BCUT2D eigenvalue weighted by Gasteiger charge is -2.18. The van der Waals surface area contributed by atoms with Crippen molar-refractivity contribution in [2.45, 2.75) is 11.7 Å². The molecule has 0 aromatic carbocycles. The molecule has 2 aromatic heterocycles. The number of carbonyl (C=O) groups excluding carboxylic acids is 1. The first kappa shape index (κ1) is 13.6. The van der Waals surface area contributed by atoms with Crippen LogP contribution in [0, 0.1) is 0 Å². The summed E-state index contributed by atoms with van der Waals surface area (Å²) in [7, 11) is 1.77. The van der Waals surface area contributed by atoms with Crippen molar-refractivity contribution in [3.63, 3.8) is 0 Å². The summed E-state index contributed by atoms with van der Waals surface area (Å²) in [6, 6.07) is 4.27. The molecule has 1 atom stereocenters. The van der Waals surface area contributed by atoms with Gasteiger partial charge in [-0.05, 0) is 17.9 Å². The fraction of sp³-hybridized carbons (Fsp3) is 0.462. The molecule has 1 aliphatic heterocycles. The van der Waals surface area contributed by atoms with Crippen LogP contribution in [0.2, 0.25) is 0 Å². The molecule has 0 spiro atoms. The average Bonchev–Trinajstić information content (AvgIpc) is 3.05. The molecule has 1 saturated heterocycles. The number of amides is 1. The van der Waals surface area contributed by atoms with E-state index in [1.165, 1.54) is 4.88 Å². The number of thiophene rings is 1. The van der Waals surface area contributed by atoms with Crippen molar-refractivity contribution < 1.29 is 4.79 Å². The highest BCUT2D eigenvalue weighted by Crippen LogP contribution is 2.36.